The molecule has 0 nitrogen and oxygen atoms in total. The van der Waals surface area contributed by atoms with Crippen molar-refractivity contribution in [3.63, 3.8) is 0 Å². The van der Waals surface area contributed by atoms with Crippen molar-refractivity contribution in [2.24, 2.45) is 5.92 Å². The minimum Gasteiger partial charge on any atom is -0.0654 e. The Kier molecular flexibility index (Phi) is 9.09. The second-order valence-corrected chi connectivity index (χ2v) is 4.11. The lowest BCUT2D eigenvalue weighted by Crippen LogP contribution is -1.87. The van der Waals surface area contributed by atoms with E-state index in [-0.39, 0.29) is 0 Å². The van der Waals surface area contributed by atoms with E-state index in [4.69, 9.17) is 0 Å². The van der Waals surface area contributed by atoms with Gasteiger partial charge in [-0.05, 0) is 12.3 Å². The lowest BCUT2D eigenvalue weighted by Gasteiger charge is -2.03. The number of hydrogen-bond acceptors (Lipinski definition) is 0. The number of unbranched alkanes of at least 4 members (excludes halogenated alkanes) is 6. The molecule has 0 amide bonds. The summed E-state index contributed by atoms with van der Waals surface area (Å²) in [6.07, 6.45) is 12.1. The monoisotopic (exact) mass is 169 g/mol. The Labute approximate surface area is 78.8 Å². The SMILES string of the molecule is CCC[CH]CCCCCC(C)C. The summed E-state index contributed by atoms with van der Waals surface area (Å²) in [6, 6.07) is 0. The average Bonchev–Trinajstić information content (AvgIpc) is 2.02. The van der Waals surface area contributed by atoms with Crippen LogP contribution in [0.25, 0.3) is 0 Å². The molecule has 0 aliphatic rings. The van der Waals surface area contributed by atoms with Crippen LogP contribution in [0.2, 0.25) is 0 Å². The molecule has 0 spiro atoms. The molecule has 0 heterocycles. The van der Waals surface area contributed by atoms with Crippen LogP contribution in [0.3, 0.4) is 0 Å². The first-order chi connectivity index (χ1) is 5.77. The van der Waals surface area contributed by atoms with Gasteiger partial charge < -0.3 is 0 Å². The average molecular weight is 169 g/mol. The van der Waals surface area contributed by atoms with Crippen LogP contribution in [0.5, 0.6) is 0 Å². The molecule has 0 saturated heterocycles. The smallest absolute Gasteiger partial charge is 0.0386 e. The van der Waals surface area contributed by atoms with E-state index >= 15 is 0 Å². The Balaban J connectivity index is 2.82. The summed E-state index contributed by atoms with van der Waals surface area (Å²) in [4.78, 5) is 0. The predicted octanol–water partition coefficient (Wildman–Crippen LogP) is 4.60. The van der Waals surface area contributed by atoms with E-state index in [0.717, 1.165) is 5.92 Å². The van der Waals surface area contributed by atoms with Gasteiger partial charge in [0.2, 0.25) is 0 Å². The second kappa shape index (κ2) is 9.09. The van der Waals surface area contributed by atoms with Crippen LogP contribution in [-0.2, 0) is 0 Å². The quantitative estimate of drug-likeness (QED) is 0.466. The summed E-state index contributed by atoms with van der Waals surface area (Å²) in [5, 5.41) is 0. The maximum atomic E-state index is 2.44. The molecule has 0 N–H and O–H groups in total. The lowest BCUT2D eigenvalue weighted by molar-refractivity contribution is 0.524. The van der Waals surface area contributed by atoms with Gasteiger partial charge in [-0.15, -0.1) is 0 Å². The van der Waals surface area contributed by atoms with Gasteiger partial charge in [-0.25, -0.2) is 0 Å². The first kappa shape index (κ1) is 12.0. The largest absolute Gasteiger partial charge is 0.0654 e. The van der Waals surface area contributed by atoms with Crippen molar-refractivity contribution in [1.82, 2.24) is 0 Å². The molecule has 0 heteroatoms. The molecule has 0 aliphatic heterocycles. The summed E-state index contributed by atoms with van der Waals surface area (Å²) in [5.41, 5.74) is 0. The highest BCUT2D eigenvalue weighted by molar-refractivity contribution is 4.63. The van der Waals surface area contributed by atoms with E-state index in [9.17, 15) is 0 Å². The third-order valence-corrected chi connectivity index (χ3v) is 2.18. The van der Waals surface area contributed by atoms with Crippen molar-refractivity contribution in [3.05, 3.63) is 6.42 Å². The highest BCUT2D eigenvalue weighted by Crippen LogP contribution is 2.11. The zero-order chi connectivity index (χ0) is 9.23. The van der Waals surface area contributed by atoms with Gasteiger partial charge >= 0.3 is 0 Å². The second-order valence-electron chi connectivity index (χ2n) is 4.11. The maximum Gasteiger partial charge on any atom is -0.0386 e. The van der Waals surface area contributed by atoms with Gasteiger partial charge in [-0.2, -0.15) is 0 Å². The molecule has 73 valence electrons. The van der Waals surface area contributed by atoms with Crippen LogP contribution in [0.4, 0.5) is 0 Å². The van der Waals surface area contributed by atoms with Crippen LogP contribution in [0.1, 0.15) is 65.7 Å². The fourth-order valence-electron chi connectivity index (χ4n) is 1.37. The Morgan fingerprint density at radius 1 is 1.00 bits per heavy atom. The van der Waals surface area contributed by atoms with E-state index in [1.165, 1.54) is 44.9 Å². The first-order valence-electron chi connectivity index (χ1n) is 5.59. The van der Waals surface area contributed by atoms with Crippen LogP contribution in [0.15, 0.2) is 0 Å². The summed E-state index contributed by atoms with van der Waals surface area (Å²) in [7, 11) is 0. The summed E-state index contributed by atoms with van der Waals surface area (Å²) >= 11 is 0. The Bertz CT molecular complexity index is 74.1. The van der Waals surface area contributed by atoms with Crippen LogP contribution in [0, 0.1) is 12.3 Å². The summed E-state index contributed by atoms with van der Waals surface area (Å²) < 4.78 is 0. The van der Waals surface area contributed by atoms with Crippen molar-refractivity contribution < 1.29 is 0 Å². The Hall–Kier alpha value is 0. The minimum atomic E-state index is 0.893. The molecule has 0 aliphatic carbocycles. The Morgan fingerprint density at radius 3 is 2.33 bits per heavy atom. The molecule has 0 bridgehead atoms. The van der Waals surface area contributed by atoms with Crippen molar-refractivity contribution in [3.8, 4) is 0 Å². The maximum absolute atomic E-state index is 2.44. The van der Waals surface area contributed by atoms with Crippen molar-refractivity contribution >= 4 is 0 Å². The molecule has 0 fully saturated rings. The predicted molar refractivity (Wildman–Crippen MR) is 57.1 cm³/mol. The number of rotatable bonds is 8. The van der Waals surface area contributed by atoms with E-state index < -0.39 is 0 Å². The fraction of sp³-hybridized carbons (Fsp3) is 0.917. The van der Waals surface area contributed by atoms with Gasteiger partial charge in [0, 0.05) is 0 Å². The van der Waals surface area contributed by atoms with Gasteiger partial charge in [0.1, 0.15) is 0 Å². The molecule has 0 aromatic heterocycles. The Morgan fingerprint density at radius 2 is 1.75 bits per heavy atom. The zero-order valence-corrected chi connectivity index (χ0v) is 9.10. The summed E-state index contributed by atoms with van der Waals surface area (Å²) in [5.74, 6) is 0.893. The third-order valence-electron chi connectivity index (χ3n) is 2.18. The highest BCUT2D eigenvalue weighted by Gasteiger charge is 1.94. The van der Waals surface area contributed by atoms with Crippen LogP contribution in [-0.4, -0.2) is 0 Å². The van der Waals surface area contributed by atoms with Crippen LogP contribution >= 0.6 is 0 Å². The topological polar surface area (TPSA) is 0 Å². The third kappa shape index (κ3) is 10.0. The normalized spacial score (nSPS) is 11.0. The summed E-state index contributed by atoms with van der Waals surface area (Å²) in [6.45, 7) is 6.86. The standard InChI is InChI=1S/C12H25/c1-4-5-6-7-8-9-10-11-12(2)3/h6,12H,4-5,7-11H2,1-3H3. The number of hydrogen-bond donors (Lipinski definition) is 0. The van der Waals surface area contributed by atoms with Gasteiger partial charge in [0.15, 0.2) is 0 Å². The molecule has 0 aromatic rings. The van der Waals surface area contributed by atoms with Crippen LogP contribution < -0.4 is 0 Å². The fourth-order valence-corrected chi connectivity index (χ4v) is 1.37. The molecule has 0 saturated carbocycles. The molecule has 0 unspecified atom stereocenters. The van der Waals surface area contributed by atoms with Crippen molar-refractivity contribution in [1.29, 1.82) is 0 Å². The molecule has 0 atom stereocenters. The van der Waals surface area contributed by atoms with E-state index in [0.29, 0.717) is 0 Å². The van der Waals surface area contributed by atoms with E-state index in [1.807, 2.05) is 0 Å². The van der Waals surface area contributed by atoms with E-state index in [2.05, 4.69) is 27.2 Å². The molecule has 0 rings (SSSR count). The molecule has 1 radical (unpaired) electrons. The van der Waals surface area contributed by atoms with Crippen molar-refractivity contribution in [2.45, 2.75) is 65.7 Å². The molecule has 12 heavy (non-hydrogen) atoms. The minimum absolute atomic E-state index is 0.893. The van der Waals surface area contributed by atoms with Gasteiger partial charge in [0.05, 0.1) is 0 Å². The highest BCUT2D eigenvalue weighted by atomic mass is 14.0. The molecular formula is C12H25. The first-order valence-corrected chi connectivity index (χ1v) is 5.59. The molecular weight excluding hydrogens is 144 g/mol. The molecule has 0 aromatic carbocycles. The zero-order valence-electron chi connectivity index (χ0n) is 9.10. The van der Waals surface area contributed by atoms with Gasteiger partial charge in [-0.1, -0.05) is 65.7 Å². The van der Waals surface area contributed by atoms with Crippen molar-refractivity contribution in [2.75, 3.05) is 0 Å². The lowest BCUT2D eigenvalue weighted by atomic mass is 10.0. The van der Waals surface area contributed by atoms with Gasteiger partial charge in [-0.3, -0.25) is 0 Å². The van der Waals surface area contributed by atoms with Gasteiger partial charge in [0.25, 0.3) is 0 Å². The van der Waals surface area contributed by atoms with E-state index in [1.54, 1.807) is 0 Å².